The van der Waals surface area contributed by atoms with Crippen molar-refractivity contribution < 1.29 is 4.79 Å². The van der Waals surface area contributed by atoms with Crippen molar-refractivity contribution in [2.75, 3.05) is 11.4 Å². The quantitative estimate of drug-likeness (QED) is 0.711. The van der Waals surface area contributed by atoms with Crippen LogP contribution in [0.5, 0.6) is 0 Å². The topological polar surface area (TPSA) is 20.3 Å². The zero-order valence-corrected chi connectivity index (χ0v) is 10.9. The van der Waals surface area contributed by atoms with Gasteiger partial charge in [-0.3, -0.25) is 4.79 Å². The van der Waals surface area contributed by atoms with Crippen molar-refractivity contribution in [1.29, 1.82) is 0 Å². The van der Waals surface area contributed by atoms with Crippen LogP contribution in [0.1, 0.15) is 12.0 Å². The first-order valence-corrected chi connectivity index (χ1v) is 6.45. The zero-order chi connectivity index (χ0) is 13.4. The molecule has 1 unspecified atom stereocenters. The molecule has 1 fully saturated rings. The monoisotopic (exact) mass is 249 g/mol. The molecule has 0 aliphatic carbocycles. The lowest BCUT2D eigenvalue weighted by Gasteiger charge is -2.21. The van der Waals surface area contributed by atoms with Gasteiger partial charge in [0.25, 0.3) is 0 Å². The lowest BCUT2D eigenvalue weighted by molar-refractivity contribution is -0.117. The van der Waals surface area contributed by atoms with Crippen molar-refractivity contribution in [3.05, 3.63) is 42.0 Å². The van der Waals surface area contributed by atoms with Gasteiger partial charge in [-0.05, 0) is 17.9 Å². The molecule has 2 aromatic rings. The summed E-state index contributed by atoms with van der Waals surface area (Å²) in [6.45, 7) is 2.67. The Morgan fingerprint density at radius 1 is 1.26 bits per heavy atom. The van der Waals surface area contributed by atoms with E-state index in [9.17, 15) is 4.79 Å². The molecule has 1 saturated heterocycles. The van der Waals surface area contributed by atoms with Crippen LogP contribution in [-0.4, -0.2) is 12.5 Å². The summed E-state index contributed by atoms with van der Waals surface area (Å²) in [5.41, 5.74) is 2.13. The third-order valence-corrected chi connectivity index (χ3v) is 3.73. The van der Waals surface area contributed by atoms with Gasteiger partial charge in [0.2, 0.25) is 5.91 Å². The summed E-state index contributed by atoms with van der Waals surface area (Å²) in [4.78, 5) is 14.0. The third-order valence-electron chi connectivity index (χ3n) is 3.73. The maximum Gasteiger partial charge on any atom is 0.228 e. The number of hydrogen-bond acceptors (Lipinski definition) is 1. The van der Waals surface area contributed by atoms with E-state index in [2.05, 4.69) is 30.2 Å². The molecule has 1 amide bonds. The molecule has 94 valence electrons. The van der Waals surface area contributed by atoms with Crippen molar-refractivity contribution in [3.63, 3.8) is 0 Å². The minimum absolute atomic E-state index is 0.0332. The van der Waals surface area contributed by atoms with Crippen LogP contribution in [0.15, 0.2) is 36.4 Å². The number of hydrogen-bond donors (Lipinski definition) is 0. The average Bonchev–Trinajstić information content (AvgIpc) is 2.80. The minimum atomic E-state index is 0.0332. The number of carbonyl (C=O) groups is 1. The molecule has 0 bridgehead atoms. The molecule has 0 aromatic heterocycles. The van der Waals surface area contributed by atoms with Gasteiger partial charge in [0, 0.05) is 24.3 Å². The van der Waals surface area contributed by atoms with Gasteiger partial charge in [0.15, 0.2) is 0 Å². The summed E-state index contributed by atoms with van der Waals surface area (Å²) in [6, 6.07) is 12.3. The summed E-state index contributed by atoms with van der Waals surface area (Å²) < 4.78 is 0. The number of nitrogens with zero attached hydrogens (tertiary/aromatic N) is 1. The second-order valence-corrected chi connectivity index (χ2v) is 5.02. The van der Waals surface area contributed by atoms with Gasteiger partial charge in [-0.15, -0.1) is 12.3 Å². The summed E-state index contributed by atoms with van der Waals surface area (Å²) in [6.07, 6.45) is 5.92. The lowest BCUT2D eigenvalue weighted by Crippen LogP contribution is -2.25. The highest BCUT2D eigenvalue weighted by Gasteiger charge is 2.31. The second-order valence-electron chi connectivity index (χ2n) is 5.02. The van der Waals surface area contributed by atoms with Gasteiger partial charge in [0.1, 0.15) is 0 Å². The molecular weight excluding hydrogens is 234 g/mol. The van der Waals surface area contributed by atoms with Crippen LogP contribution >= 0.6 is 0 Å². The Hall–Kier alpha value is -2.27. The molecule has 1 heterocycles. The fraction of sp³-hybridized carbons (Fsp3) is 0.235. The van der Waals surface area contributed by atoms with Crippen molar-refractivity contribution in [1.82, 2.24) is 0 Å². The Bertz CT molecular complexity index is 696. The number of carbonyl (C=O) groups excluding carboxylic acids is 1. The first-order valence-electron chi connectivity index (χ1n) is 6.45. The van der Waals surface area contributed by atoms with Gasteiger partial charge >= 0.3 is 0 Å². The standard InChI is InChI=1S/C17H15NO/c1-3-13-10-16(19)18(11-13)17-12(2)8-9-14-6-4-5-7-15(14)17/h1,4-9,13H,10-11H2,2H3. The molecule has 2 heteroatoms. The van der Waals surface area contributed by atoms with E-state index in [0.29, 0.717) is 13.0 Å². The Kier molecular flexibility index (Phi) is 2.76. The summed E-state index contributed by atoms with van der Waals surface area (Å²) in [5, 5.41) is 2.27. The third kappa shape index (κ3) is 1.88. The SMILES string of the molecule is C#CC1CC(=O)N(c2c(C)ccc3ccccc23)C1. The van der Waals surface area contributed by atoms with Crippen LogP contribution < -0.4 is 4.90 Å². The number of fused-ring (bicyclic) bond motifs is 1. The predicted molar refractivity (Wildman–Crippen MR) is 78.0 cm³/mol. The number of benzene rings is 2. The first-order chi connectivity index (χ1) is 9.20. The summed E-state index contributed by atoms with van der Waals surface area (Å²) in [5.74, 6) is 2.86. The van der Waals surface area contributed by atoms with Gasteiger partial charge in [0.05, 0.1) is 5.69 Å². The zero-order valence-electron chi connectivity index (χ0n) is 10.9. The Labute approximate surface area is 113 Å². The maximum atomic E-state index is 12.2. The van der Waals surface area contributed by atoms with Crippen LogP contribution in [0.4, 0.5) is 5.69 Å². The van der Waals surface area contributed by atoms with Crippen molar-refractivity contribution in [2.45, 2.75) is 13.3 Å². The van der Waals surface area contributed by atoms with Crippen LogP contribution in [0.25, 0.3) is 10.8 Å². The smallest absolute Gasteiger partial charge is 0.228 e. The van der Waals surface area contributed by atoms with E-state index in [1.807, 2.05) is 24.0 Å². The fourth-order valence-corrected chi connectivity index (χ4v) is 2.76. The predicted octanol–water partition coefficient (Wildman–Crippen LogP) is 3.13. The fourth-order valence-electron chi connectivity index (χ4n) is 2.76. The van der Waals surface area contributed by atoms with Gasteiger partial charge < -0.3 is 4.90 Å². The van der Waals surface area contributed by atoms with Gasteiger partial charge in [-0.1, -0.05) is 36.4 Å². The molecule has 0 N–H and O–H groups in total. The molecule has 0 spiro atoms. The van der Waals surface area contributed by atoms with E-state index in [4.69, 9.17) is 6.42 Å². The molecule has 1 aliphatic heterocycles. The van der Waals surface area contributed by atoms with E-state index < -0.39 is 0 Å². The second kappa shape index (κ2) is 4.44. The number of rotatable bonds is 1. The molecule has 2 aromatic carbocycles. The normalized spacial score (nSPS) is 18.8. The highest BCUT2D eigenvalue weighted by atomic mass is 16.2. The van der Waals surface area contributed by atoms with Crippen molar-refractivity contribution in [3.8, 4) is 12.3 Å². The average molecular weight is 249 g/mol. The van der Waals surface area contributed by atoms with Gasteiger partial charge in [-0.25, -0.2) is 0 Å². The molecule has 19 heavy (non-hydrogen) atoms. The first kappa shape index (κ1) is 11.8. The van der Waals surface area contributed by atoms with Crippen LogP contribution in [0.3, 0.4) is 0 Å². The Balaban J connectivity index is 2.18. The van der Waals surface area contributed by atoms with E-state index in [-0.39, 0.29) is 11.8 Å². The lowest BCUT2D eigenvalue weighted by atomic mass is 10.0. The van der Waals surface area contributed by atoms with E-state index in [0.717, 1.165) is 22.0 Å². The molecule has 3 rings (SSSR count). The Morgan fingerprint density at radius 2 is 2.05 bits per heavy atom. The Morgan fingerprint density at radius 3 is 2.79 bits per heavy atom. The maximum absolute atomic E-state index is 12.2. The number of terminal acetylenes is 1. The molecule has 1 atom stereocenters. The van der Waals surface area contributed by atoms with E-state index >= 15 is 0 Å². The molecule has 2 nitrogen and oxygen atoms in total. The number of amides is 1. The molecule has 1 aliphatic rings. The molecule has 0 saturated carbocycles. The van der Waals surface area contributed by atoms with E-state index in [1.165, 1.54) is 0 Å². The summed E-state index contributed by atoms with van der Waals surface area (Å²) >= 11 is 0. The largest absolute Gasteiger partial charge is 0.310 e. The highest BCUT2D eigenvalue weighted by Crippen LogP contribution is 2.34. The van der Waals surface area contributed by atoms with Crippen LogP contribution in [0, 0.1) is 25.2 Å². The van der Waals surface area contributed by atoms with E-state index in [1.54, 1.807) is 0 Å². The molecular formula is C17H15NO. The summed E-state index contributed by atoms with van der Waals surface area (Å²) in [7, 11) is 0. The number of aryl methyl sites for hydroxylation is 1. The van der Waals surface area contributed by atoms with Crippen molar-refractivity contribution >= 4 is 22.4 Å². The number of anilines is 1. The molecule has 0 radical (unpaired) electrons. The minimum Gasteiger partial charge on any atom is -0.310 e. The van der Waals surface area contributed by atoms with Crippen LogP contribution in [-0.2, 0) is 4.79 Å². The highest BCUT2D eigenvalue weighted by molar-refractivity contribution is 6.06. The van der Waals surface area contributed by atoms with Crippen LogP contribution in [0.2, 0.25) is 0 Å². The van der Waals surface area contributed by atoms with Crippen molar-refractivity contribution in [2.24, 2.45) is 5.92 Å². The van der Waals surface area contributed by atoms with Gasteiger partial charge in [-0.2, -0.15) is 0 Å².